The second-order valence-corrected chi connectivity index (χ2v) is 5.46. The summed E-state index contributed by atoms with van der Waals surface area (Å²) in [5.74, 6) is -0.938. The SMILES string of the molecule is C[C@@H]1CN(c2ccc(C#N)cc2Br)C[C@H]1C(=O)O. The smallest absolute Gasteiger partial charge is 0.308 e. The molecule has 1 aromatic carbocycles. The van der Waals surface area contributed by atoms with E-state index in [9.17, 15) is 4.79 Å². The number of carbonyl (C=O) groups is 1. The van der Waals surface area contributed by atoms with Crippen molar-refractivity contribution < 1.29 is 9.90 Å². The minimum absolute atomic E-state index is 0.130. The van der Waals surface area contributed by atoms with Crippen molar-refractivity contribution in [2.75, 3.05) is 18.0 Å². The Labute approximate surface area is 114 Å². The first-order valence-electron chi connectivity index (χ1n) is 5.70. The maximum Gasteiger partial charge on any atom is 0.308 e. The van der Waals surface area contributed by atoms with Crippen molar-refractivity contribution in [3.8, 4) is 6.07 Å². The fourth-order valence-corrected chi connectivity index (χ4v) is 2.95. The zero-order valence-corrected chi connectivity index (χ0v) is 11.5. The summed E-state index contributed by atoms with van der Waals surface area (Å²) >= 11 is 3.43. The van der Waals surface area contributed by atoms with Crippen molar-refractivity contribution in [3.05, 3.63) is 28.2 Å². The Bertz CT molecular complexity index is 524. The topological polar surface area (TPSA) is 64.3 Å². The van der Waals surface area contributed by atoms with Gasteiger partial charge in [-0.15, -0.1) is 0 Å². The standard InChI is InChI=1S/C13H13BrN2O2/c1-8-6-16(7-10(8)13(17)18)12-3-2-9(5-15)4-11(12)14/h2-4,8,10H,6-7H2,1H3,(H,17,18)/t8-,10-/m1/s1. The third-order valence-electron chi connectivity index (χ3n) is 3.35. The molecule has 0 bridgehead atoms. The molecule has 1 aliphatic rings. The molecule has 2 rings (SSSR count). The van der Waals surface area contributed by atoms with Gasteiger partial charge < -0.3 is 10.0 Å². The third kappa shape index (κ3) is 2.34. The first-order valence-corrected chi connectivity index (χ1v) is 6.49. The number of benzene rings is 1. The number of nitriles is 1. The molecule has 4 nitrogen and oxygen atoms in total. The first-order chi connectivity index (χ1) is 8.52. The predicted molar refractivity (Wildman–Crippen MR) is 71.4 cm³/mol. The van der Waals surface area contributed by atoms with Crippen molar-refractivity contribution in [1.82, 2.24) is 0 Å². The summed E-state index contributed by atoms with van der Waals surface area (Å²) in [7, 11) is 0. The quantitative estimate of drug-likeness (QED) is 0.911. The molecule has 0 radical (unpaired) electrons. The second-order valence-electron chi connectivity index (χ2n) is 4.60. The van der Waals surface area contributed by atoms with E-state index in [0.717, 1.165) is 16.7 Å². The lowest BCUT2D eigenvalue weighted by Gasteiger charge is -2.19. The van der Waals surface area contributed by atoms with Gasteiger partial charge in [-0.2, -0.15) is 5.26 Å². The molecule has 0 spiro atoms. The number of aliphatic carboxylic acids is 1. The number of halogens is 1. The van der Waals surface area contributed by atoms with E-state index in [2.05, 4.69) is 26.9 Å². The van der Waals surface area contributed by atoms with E-state index < -0.39 is 5.97 Å². The highest BCUT2D eigenvalue weighted by Crippen LogP contribution is 2.33. The summed E-state index contributed by atoms with van der Waals surface area (Å²) < 4.78 is 0.833. The lowest BCUT2D eigenvalue weighted by Crippen LogP contribution is -2.23. The molecule has 18 heavy (non-hydrogen) atoms. The van der Waals surface area contributed by atoms with E-state index in [1.165, 1.54) is 0 Å². The molecule has 1 heterocycles. The number of carboxylic acids is 1. The minimum Gasteiger partial charge on any atom is -0.481 e. The fraction of sp³-hybridized carbons (Fsp3) is 0.385. The molecule has 0 unspecified atom stereocenters. The average molecular weight is 309 g/mol. The normalized spacial score (nSPS) is 22.8. The van der Waals surface area contributed by atoms with Gasteiger partial charge in [-0.25, -0.2) is 0 Å². The molecule has 2 atom stereocenters. The van der Waals surface area contributed by atoms with Crippen molar-refractivity contribution in [2.24, 2.45) is 11.8 Å². The Morgan fingerprint density at radius 1 is 1.56 bits per heavy atom. The largest absolute Gasteiger partial charge is 0.481 e. The van der Waals surface area contributed by atoms with Crippen LogP contribution in [-0.4, -0.2) is 24.2 Å². The Kier molecular flexibility index (Phi) is 3.58. The summed E-state index contributed by atoms with van der Waals surface area (Å²) in [6, 6.07) is 7.45. The molecule has 0 saturated carbocycles. The number of hydrogen-bond donors (Lipinski definition) is 1. The van der Waals surface area contributed by atoms with Crippen LogP contribution in [0.4, 0.5) is 5.69 Å². The average Bonchev–Trinajstić information content (AvgIpc) is 2.71. The van der Waals surface area contributed by atoms with Crippen LogP contribution >= 0.6 is 15.9 Å². The minimum atomic E-state index is -0.741. The Morgan fingerprint density at radius 3 is 2.78 bits per heavy atom. The van der Waals surface area contributed by atoms with Gasteiger partial charge in [0.05, 0.1) is 23.2 Å². The highest BCUT2D eigenvalue weighted by atomic mass is 79.9. The van der Waals surface area contributed by atoms with Crippen LogP contribution in [0.25, 0.3) is 0 Å². The van der Waals surface area contributed by atoms with Gasteiger partial charge in [0.15, 0.2) is 0 Å². The van der Waals surface area contributed by atoms with Crippen molar-refractivity contribution in [3.63, 3.8) is 0 Å². The van der Waals surface area contributed by atoms with Crippen LogP contribution in [0.2, 0.25) is 0 Å². The lowest BCUT2D eigenvalue weighted by atomic mass is 9.99. The van der Waals surface area contributed by atoms with E-state index in [4.69, 9.17) is 10.4 Å². The zero-order chi connectivity index (χ0) is 13.3. The molecule has 1 aromatic rings. The molecular formula is C13H13BrN2O2. The molecular weight excluding hydrogens is 296 g/mol. The molecule has 1 aliphatic heterocycles. The van der Waals surface area contributed by atoms with Crippen LogP contribution in [0.3, 0.4) is 0 Å². The van der Waals surface area contributed by atoms with Crippen molar-refractivity contribution in [1.29, 1.82) is 5.26 Å². The summed E-state index contributed by atoms with van der Waals surface area (Å²) in [5, 5.41) is 17.9. The van der Waals surface area contributed by atoms with Crippen LogP contribution in [0.15, 0.2) is 22.7 Å². The van der Waals surface area contributed by atoms with E-state index >= 15 is 0 Å². The second kappa shape index (κ2) is 4.99. The van der Waals surface area contributed by atoms with E-state index in [0.29, 0.717) is 12.1 Å². The molecule has 0 aromatic heterocycles. The van der Waals surface area contributed by atoms with Crippen LogP contribution in [0, 0.1) is 23.2 Å². The summed E-state index contributed by atoms with van der Waals surface area (Å²) in [6.45, 7) is 3.19. The maximum absolute atomic E-state index is 11.1. The highest BCUT2D eigenvalue weighted by Gasteiger charge is 2.35. The van der Waals surface area contributed by atoms with Crippen LogP contribution in [0.5, 0.6) is 0 Å². The van der Waals surface area contributed by atoms with Crippen molar-refractivity contribution in [2.45, 2.75) is 6.92 Å². The van der Waals surface area contributed by atoms with Crippen LogP contribution in [0.1, 0.15) is 12.5 Å². The van der Waals surface area contributed by atoms with Crippen LogP contribution in [-0.2, 0) is 4.79 Å². The lowest BCUT2D eigenvalue weighted by molar-refractivity contribution is -0.142. The van der Waals surface area contributed by atoms with Gasteiger partial charge in [0.2, 0.25) is 0 Å². The van der Waals surface area contributed by atoms with Gasteiger partial charge in [0.25, 0.3) is 0 Å². The van der Waals surface area contributed by atoms with E-state index in [1.54, 1.807) is 12.1 Å². The molecule has 1 N–H and O–H groups in total. The van der Waals surface area contributed by atoms with Gasteiger partial charge in [-0.3, -0.25) is 4.79 Å². The molecule has 5 heteroatoms. The Hall–Kier alpha value is -1.54. The first kappa shape index (κ1) is 12.9. The Balaban J connectivity index is 2.24. The van der Waals surface area contributed by atoms with Gasteiger partial charge in [0.1, 0.15) is 0 Å². The Morgan fingerprint density at radius 2 is 2.28 bits per heavy atom. The van der Waals surface area contributed by atoms with Gasteiger partial charge in [0, 0.05) is 17.6 Å². The van der Waals surface area contributed by atoms with Crippen molar-refractivity contribution >= 4 is 27.6 Å². The maximum atomic E-state index is 11.1. The van der Waals surface area contributed by atoms with Gasteiger partial charge in [-0.1, -0.05) is 6.92 Å². The number of hydrogen-bond acceptors (Lipinski definition) is 3. The predicted octanol–water partition coefficient (Wildman–Crippen LogP) is 2.48. The fourth-order valence-electron chi connectivity index (χ4n) is 2.32. The van der Waals surface area contributed by atoms with E-state index in [-0.39, 0.29) is 11.8 Å². The van der Waals surface area contributed by atoms with E-state index in [1.807, 2.05) is 13.0 Å². The number of nitrogens with zero attached hydrogens (tertiary/aromatic N) is 2. The summed E-state index contributed by atoms with van der Waals surface area (Å²) in [4.78, 5) is 13.1. The molecule has 1 saturated heterocycles. The monoisotopic (exact) mass is 308 g/mol. The molecule has 0 aliphatic carbocycles. The molecule has 1 fully saturated rings. The van der Waals surface area contributed by atoms with Gasteiger partial charge in [-0.05, 0) is 40.0 Å². The molecule has 0 amide bonds. The zero-order valence-electron chi connectivity index (χ0n) is 9.93. The summed E-state index contributed by atoms with van der Waals surface area (Å²) in [5.41, 5.74) is 1.54. The summed E-state index contributed by atoms with van der Waals surface area (Å²) in [6.07, 6.45) is 0. The highest BCUT2D eigenvalue weighted by molar-refractivity contribution is 9.10. The van der Waals surface area contributed by atoms with Crippen LogP contribution < -0.4 is 4.90 Å². The van der Waals surface area contributed by atoms with Gasteiger partial charge >= 0.3 is 5.97 Å². The third-order valence-corrected chi connectivity index (χ3v) is 3.98. The number of carboxylic acid groups (broad SMARTS) is 1. The number of anilines is 1. The number of rotatable bonds is 2. The molecule has 94 valence electrons.